The number of nitrogens with one attached hydrogen (secondary N) is 2. The van der Waals surface area contributed by atoms with Crippen LogP contribution in [0, 0.1) is 39.5 Å². The van der Waals surface area contributed by atoms with E-state index in [0.29, 0.717) is 56.2 Å². The number of aliphatic hydroxyl groups excluding tert-OH is 2. The number of anilines is 2. The highest BCUT2D eigenvalue weighted by Gasteiger charge is 2.39. The molecule has 0 unspecified atom stereocenters. The number of aryl methyl sites for hydroxylation is 2. The number of allylic oxidation sites excluding steroid dienone is 4. The fraction of sp³-hybridized carbons (Fsp3) is 0.231. The summed E-state index contributed by atoms with van der Waals surface area (Å²) < 4.78 is 6.31. The zero-order valence-electron chi connectivity index (χ0n) is 38.4. The number of benzene rings is 4. The number of Topliss-reactive ketones (excluding diaryl/α,β-unsaturated/α-hetero) is 2. The quantitative estimate of drug-likeness (QED) is 0.0764. The Labute approximate surface area is 381 Å². The van der Waals surface area contributed by atoms with E-state index < -0.39 is 45.7 Å². The normalized spacial score (nSPS) is 15.2. The third-order valence-corrected chi connectivity index (χ3v) is 12.8. The molecule has 2 aliphatic carbocycles. The van der Waals surface area contributed by atoms with Crippen molar-refractivity contribution in [2.45, 2.75) is 55.4 Å². The molecule has 0 aliphatic heterocycles. The number of nitrogens with zero attached hydrogens (tertiary/aromatic N) is 4. The van der Waals surface area contributed by atoms with Crippen molar-refractivity contribution in [2.75, 3.05) is 10.6 Å². The number of aromatic hydroxyl groups is 2. The van der Waals surface area contributed by atoms with Crippen LogP contribution in [0.3, 0.4) is 0 Å². The largest absolute Gasteiger partial charge is 0.507 e. The summed E-state index contributed by atoms with van der Waals surface area (Å²) in [5, 5.41) is 54.3. The van der Waals surface area contributed by atoms with E-state index in [1.807, 2.05) is 64.1 Å². The number of carbonyl (C=O) groups excluding carboxylic acids is 2. The molecule has 0 spiro atoms. The molecule has 14 heteroatoms. The number of phenolic OH excluding ortho intramolecular Hbond substituents is 2. The Kier molecular flexibility index (Phi) is 11.2. The topological polar surface area (TPSA) is 193 Å². The van der Waals surface area contributed by atoms with E-state index in [1.54, 1.807) is 87.6 Å². The van der Waals surface area contributed by atoms with Crippen molar-refractivity contribution in [1.82, 2.24) is 18.7 Å². The van der Waals surface area contributed by atoms with Crippen molar-refractivity contribution < 1.29 is 30.0 Å². The SMILES string of the molecule is Cc1cc2c(c(O)c1-c1c(C)cc3c(c1O)/C(=C/Nc1c(C)n(C)n(-c4ccccc4)c1=O)C(=O)C(O)=C3C(C)C)/C(=C/Nc1c(C)n(C)n(-c3ccccc3)c1=O)C(=O)C(O)=C2C(C)C. The first-order chi connectivity index (χ1) is 31.3. The van der Waals surface area contributed by atoms with Crippen LogP contribution in [0.4, 0.5) is 11.4 Å². The van der Waals surface area contributed by atoms with E-state index in [9.17, 15) is 39.6 Å². The molecule has 6 aromatic rings. The molecule has 6 N–H and O–H groups in total. The molecular formula is C52H52N6O8. The van der Waals surface area contributed by atoms with Gasteiger partial charge in [0.2, 0.25) is 11.6 Å². The van der Waals surface area contributed by atoms with E-state index in [0.717, 1.165) is 0 Å². The first-order valence-electron chi connectivity index (χ1n) is 21.6. The summed E-state index contributed by atoms with van der Waals surface area (Å²) in [6.07, 6.45) is 2.61. The van der Waals surface area contributed by atoms with Crippen LogP contribution in [0.2, 0.25) is 0 Å². The third kappa shape index (κ3) is 6.79. The standard InChI is InChI=1S/C52H52N6O8/c1-25(2)37-33-21-27(5)39(47(61)41(33)35(45(59)49(37)63)23-53-43-29(7)55(9)57(51(43)65)31-17-13-11-14-18-31)40-28(6)22-34-38(26(3)4)50(64)46(60)36(42(34)48(40)62)24-54-44-30(8)56(10)58(52(44)66)32-19-15-12-16-20-32/h11-26,53-54,61-64H,1-10H3/b35-23-,36-24-. The zero-order valence-corrected chi connectivity index (χ0v) is 38.4. The summed E-state index contributed by atoms with van der Waals surface area (Å²) in [5.41, 5.74) is 4.32. The lowest BCUT2D eigenvalue weighted by Gasteiger charge is -2.29. The van der Waals surface area contributed by atoms with Crippen molar-refractivity contribution in [3.63, 3.8) is 0 Å². The maximum atomic E-state index is 14.3. The van der Waals surface area contributed by atoms with Crippen LogP contribution < -0.4 is 21.8 Å². The summed E-state index contributed by atoms with van der Waals surface area (Å²) >= 11 is 0. The fourth-order valence-electron chi connectivity index (χ4n) is 9.39. The Balaban J connectivity index is 1.33. The van der Waals surface area contributed by atoms with Gasteiger partial charge in [-0.2, -0.15) is 0 Å². The van der Waals surface area contributed by atoms with Gasteiger partial charge in [0.05, 0.1) is 33.9 Å². The van der Waals surface area contributed by atoms with Crippen molar-refractivity contribution in [3.05, 3.63) is 162 Å². The van der Waals surface area contributed by atoms with Crippen LogP contribution >= 0.6 is 0 Å². The first kappa shape index (κ1) is 44.6. The number of phenols is 2. The molecule has 0 bridgehead atoms. The van der Waals surface area contributed by atoms with E-state index in [-0.39, 0.29) is 56.6 Å². The average molecular weight is 889 g/mol. The summed E-state index contributed by atoms with van der Waals surface area (Å²) in [6.45, 7) is 14.2. The fourth-order valence-corrected chi connectivity index (χ4v) is 9.39. The van der Waals surface area contributed by atoms with Gasteiger partial charge in [0.25, 0.3) is 11.1 Å². The number of aliphatic hydroxyl groups is 2. The Morgan fingerprint density at radius 1 is 0.515 bits per heavy atom. The van der Waals surface area contributed by atoms with E-state index in [2.05, 4.69) is 10.6 Å². The van der Waals surface area contributed by atoms with Crippen molar-refractivity contribution >= 4 is 45.2 Å². The monoisotopic (exact) mass is 888 g/mol. The van der Waals surface area contributed by atoms with Crippen molar-refractivity contribution in [1.29, 1.82) is 0 Å². The second-order valence-corrected chi connectivity index (χ2v) is 17.4. The highest BCUT2D eigenvalue weighted by atomic mass is 16.3. The molecule has 0 saturated carbocycles. The molecule has 2 aromatic heterocycles. The minimum Gasteiger partial charge on any atom is -0.507 e. The van der Waals surface area contributed by atoms with Gasteiger partial charge in [-0.25, -0.2) is 9.36 Å². The van der Waals surface area contributed by atoms with E-state index >= 15 is 0 Å². The molecule has 66 heavy (non-hydrogen) atoms. The zero-order chi connectivity index (χ0) is 47.8. The van der Waals surface area contributed by atoms with Gasteiger partial charge in [-0.15, -0.1) is 0 Å². The second-order valence-electron chi connectivity index (χ2n) is 17.4. The summed E-state index contributed by atoms with van der Waals surface area (Å²) in [4.78, 5) is 56.3. The van der Waals surface area contributed by atoms with Crippen LogP contribution in [0.15, 0.2) is 106 Å². The molecule has 2 aliphatic rings. The Morgan fingerprint density at radius 3 is 1.17 bits per heavy atom. The number of ketones is 2. The lowest BCUT2D eigenvalue weighted by molar-refractivity contribution is -0.113. The van der Waals surface area contributed by atoms with Crippen molar-refractivity contribution in [3.8, 4) is 34.0 Å². The maximum Gasteiger partial charge on any atom is 0.295 e. The molecule has 0 atom stereocenters. The number of aromatic nitrogens is 4. The van der Waals surface area contributed by atoms with Crippen LogP contribution in [-0.2, 0) is 23.7 Å². The first-order valence-corrected chi connectivity index (χ1v) is 21.6. The predicted molar refractivity (Wildman–Crippen MR) is 258 cm³/mol. The summed E-state index contributed by atoms with van der Waals surface area (Å²) in [7, 11) is 3.47. The molecule has 0 saturated heterocycles. The predicted octanol–water partition coefficient (Wildman–Crippen LogP) is 8.90. The minimum atomic E-state index is -0.793. The highest BCUT2D eigenvalue weighted by Crippen LogP contribution is 2.53. The maximum absolute atomic E-state index is 14.3. The van der Waals surface area contributed by atoms with Gasteiger partial charge >= 0.3 is 0 Å². The van der Waals surface area contributed by atoms with Gasteiger partial charge in [0.15, 0.2) is 11.5 Å². The Morgan fingerprint density at radius 2 is 0.848 bits per heavy atom. The number of rotatable bonds is 9. The average Bonchev–Trinajstić information content (AvgIpc) is 3.62. The van der Waals surface area contributed by atoms with Crippen LogP contribution in [0.25, 0.3) is 44.8 Å². The van der Waals surface area contributed by atoms with Crippen LogP contribution in [0.1, 0.15) is 72.5 Å². The van der Waals surface area contributed by atoms with Crippen molar-refractivity contribution in [2.24, 2.45) is 25.9 Å². The third-order valence-electron chi connectivity index (χ3n) is 12.8. The summed E-state index contributed by atoms with van der Waals surface area (Å²) in [6, 6.07) is 21.6. The smallest absolute Gasteiger partial charge is 0.295 e. The van der Waals surface area contributed by atoms with Gasteiger partial charge < -0.3 is 31.1 Å². The second kappa shape index (κ2) is 16.5. The van der Waals surface area contributed by atoms with Gasteiger partial charge in [-0.05, 0) is 86.1 Å². The molecule has 4 aromatic carbocycles. The van der Waals surface area contributed by atoms with Crippen LogP contribution in [0.5, 0.6) is 11.5 Å². The van der Waals surface area contributed by atoms with Gasteiger partial charge in [-0.1, -0.05) is 76.2 Å². The van der Waals surface area contributed by atoms with Gasteiger partial charge in [0, 0.05) is 59.9 Å². The molecule has 338 valence electrons. The molecule has 2 heterocycles. The number of hydrogen-bond donors (Lipinski definition) is 6. The highest BCUT2D eigenvalue weighted by molar-refractivity contribution is 6.35. The van der Waals surface area contributed by atoms with Crippen LogP contribution in [-0.4, -0.2) is 50.7 Å². The van der Waals surface area contributed by atoms with Gasteiger partial charge in [-0.3, -0.25) is 28.5 Å². The lowest BCUT2D eigenvalue weighted by Crippen LogP contribution is -2.21. The molecule has 0 radical (unpaired) electrons. The Hall–Kier alpha value is -8.00. The lowest BCUT2D eigenvalue weighted by atomic mass is 9.75. The molecule has 0 amide bonds. The molecule has 14 nitrogen and oxygen atoms in total. The van der Waals surface area contributed by atoms with Gasteiger partial charge in [0.1, 0.15) is 22.9 Å². The molecular weight excluding hydrogens is 837 g/mol. The number of hydrogen-bond acceptors (Lipinski definition) is 10. The number of carbonyl (C=O) groups is 2. The summed E-state index contributed by atoms with van der Waals surface area (Å²) in [5.74, 6) is -4.12. The molecule has 0 fully saturated rings. The Bertz CT molecular complexity index is 3090. The van der Waals surface area contributed by atoms with E-state index in [4.69, 9.17) is 0 Å². The number of fused-ring (bicyclic) bond motifs is 2. The minimum absolute atomic E-state index is 0.0613. The van der Waals surface area contributed by atoms with E-state index in [1.165, 1.54) is 21.8 Å². The number of para-hydroxylation sites is 2. The molecule has 8 rings (SSSR count).